The van der Waals surface area contributed by atoms with Gasteiger partial charge in [0.15, 0.2) is 0 Å². The molecule has 6 heteroatoms. The van der Waals surface area contributed by atoms with E-state index < -0.39 is 11.9 Å². The number of hydrogen-bond acceptors (Lipinski definition) is 3. The van der Waals surface area contributed by atoms with Crippen LogP contribution in [0.5, 0.6) is 0 Å². The minimum atomic E-state index is -4.42. The van der Waals surface area contributed by atoms with E-state index in [2.05, 4.69) is 4.98 Å². The summed E-state index contributed by atoms with van der Waals surface area (Å²) >= 11 is 0. The molecule has 1 heterocycles. The van der Waals surface area contributed by atoms with Gasteiger partial charge in [0.2, 0.25) is 0 Å². The maximum atomic E-state index is 12.0. The second-order valence-corrected chi connectivity index (χ2v) is 2.05. The van der Waals surface area contributed by atoms with Crippen LogP contribution < -0.4 is 11.3 Å². The number of nitrogens with zero attached hydrogens (tertiary/aromatic N) is 1. The molecule has 3 nitrogen and oxygen atoms in total. The lowest BCUT2D eigenvalue weighted by Crippen LogP contribution is -2.13. The molecular formula is C6H6F3N3. The van der Waals surface area contributed by atoms with E-state index in [1.54, 1.807) is 0 Å². The fourth-order valence-electron chi connectivity index (χ4n) is 0.673. The van der Waals surface area contributed by atoms with Crippen LogP contribution in [0.15, 0.2) is 18.2 Å². The van der Waals surface area contributed by atoms with Crippen LogP contribution in [0.3, 0.4) is 0 Å². The highest BCUT2D eigenvalue weighted by Crippen LogP contribution is 2.27. The van der Waals surface area contributed by atoms with Crippen molar-refractivity contribution in [3.63, 3.8) is 0 Å². The molecule has 66 valence electrons. The molecule has 0 amide bonds. The number of hydrazine groups is 1. The Morgan fingerprint density at radius 3 is 2.50 bits per heavy atom. The Morgan fingerprint density at radius 1 is 1.33 bits per heavy atom. The quantitative estimate of drug-likeness (QED) is 0.503. The molecule has 0 aromatic carbocycles. The lowest BCUT2D eigenvalue weighted by molar-refractivity contribution is -0.141. The van der Waals surface area contributed by atoms with Gasteiger partial charge in [-0.15, -0.1) is 0 Å². The Morgan fingerprint density at radius 2 is 2.00 bits per heavy atom. The van der Waals surface area contributed by atoms with Gasteiger partial charge in [-0.2, -0.15) is 13.2 Å². The molecule has 3 N–H and O–H groups in total. The van der Waals surface area contributed by atoms with Gasteiger partial charge >= 0.3 is 6.18 Å². The van der Waals surface area contributed by atoms with Crippen molar-refractivity contribution in [3.8, 4) is 0 Å². The molecule has 0 aliphatic rings. The molecular weight excluding hydrogens is 171 g/mol. The number of halogens is 3. The summed E-state index contributed by atoms with van der Waals surface area (Å²) in [6.07, 6.45) is -4.42. The molecule has 0 fully saturated rings. The summed E-state index contributed by atoms with van der Waals surface area (Å²) in [7, 11) is 0. The predicted octanol–water partition coefficient (Wildman–Crippen LogP) is 1.39. The number of nitrogens with one attached hydrogen (secondary N) is 1. The average molecular weight is 177 g/mol. The minimum absolute atomic E-state index is 0.00942. The fraction of sp³-hybridized carbons (Fsp3) is 0.167. The van der Waals surface area contributed by atoms with Crippen LogP contribution >= 0.6 is 0 Å². The molecule has 1 rings (SSSR count). The number of aromatic nitrogens is 1. The van der Waals surface area contributed by atoms with Crippen LogP contribution in [0.25, 0.3) is 0 Å². The standard InChI is InChI=1S/C6H6F3N3/c7-6(8,9)4-2-1-3-5(11-4)12-10/h1-3H,10H2,(H,11,12). The van der Waals surface area contributed by atoms with Crippen molar-refractivity contribution < 1.29 is 13.2 Å². The molecule has 0 saturated heterocycles. The van der Waals surface area contributed by atoms with Gasteiger partial charge in [0.05, 0.1) is 0 Å². The third-order valence-electron chi connectivity index (χ3n) is 1.19. The van der Waals surface area contributed by atoms with E-state index in [4.69, 9.17) is 5.84 Å². The lowest BCUT2D eigenvalue weighted by atomic mass is 10.3. The van der Waals surface area contributed by atoms with Crippen LogP contribution in [0.2, 0.25) is 0 Å². The first-order valence-corrected chi connectivity index (χ1v) is 3.05. The second-order valence-electron chi connectivity index (χ2n) is 2.05. The van der Waals surface area contributed by atoms with E-state index in [-0.39, 0.29) is 5.82 Å². The molecule has 12 heavy (non-hydrogen) atoms. The molecule has 0 atom stereocenters. The monoisotopic (exact) mass is 177 g/mol. The predicted molar refractivity (Wildman–Crippen MR) is 37.0 cm³/mol. The van der Waals surface area contributed by atoms with Crippen molar-refractivity contribution in [2.24, 2.45) is 5.84 Å². The van der Waals surface area contributed by atoms with Crippen LogP contribution in [-0.4, -0.2) is 4.98 Å². The number of rotatable bonds is 1. The summed E-state index contributed by atoms with van der Waals surface area (Å²) in [4.78, 5) is 3.20. The normalized spacial score (nSPS) is 11.3. The van der Waals surface area contributed by atoms with Crippen molar-refractivity contribution in [1.82, 2.24) is 4.98 Å². The van der Waals surface area contributed by atoms with E-state index in [1.165, 1.54) is 12.1 Å². The summed E-state index contributed by atoms with van der Waals surface area (Å²) < 4.78 is 35.9. The average Bonchev–Trinajstić information content (AvgIpc) is 2.03. The van der Waals surface area contributed by atoms with Gasteiger partial charge in [-0.1, -0.05) is 6.07 Å². The maximum Gasteiger partial charge on any atom is 0.433 e. The SMILES string of the molecule is NNc1cccc(C(F)(F)F)n1. The molecule has 0 aliphatic carbocycles. The number of alkyl halides is 3. The summed E-state index contributed by atoms with van der Waals surface area (Å²) in [5.74, 6) is 4.87. The van der Waals surface area contributed by atoms with Gasteiger partial charge in [0, 0.05) is 0 Å². The molecule has 0 spiro atoms. The first kappa shape index (κ1) is 8.79. The van der Waals surface area contributed by atoms with Gasteiger partial charge in [-0.05, 0) is 12.1 Å². The second kappa shape index (κ2) is 2.98. The summed E-state index contributed by atoms with van der Waals surface area (Å²) in [5.41, 5.74) is 1.07. The zero-order chi connectivity index (χ0) is 9.19. The van der Waals surface area contributed by atoms with Crippen molar-refractivity contribution in [2.75, 3.05) is 5.43 Å². The van der Waals surface area contributed by atoms with E-state index in [9.17, 15) is 13.2 Å². The zero-order valence-electron chi connectivity index (χ0n) is 5.89. The summed E-state index contributed by atoms with van der Waals surface area (Å²) in [6.45, 7) is 0. The highest BCUT2D eigenvalue weighted by Gasteiger charge is 2.32. The summed E-state index contributed by atoms with van der Waals surface area (Å²) in [5, 5.41) is 0. The number of anilines is 1. The first-order chi connectivity index (χ1) is 5.54. The topological polar surface area (TPSA) is 50.9 Å². The molecule has 0 radical (unpaired) electrons. The Labute approximate surface area is 66.4 Å². The van der Waals surface area contributed by atoms with E-state index in [1.807, 2.05) is 5.43 Å². The molecule has 0 saturated carbocycles. The fourth-order valence-corrected chi connectivity index (χ4v) is 0.673. The van der Waals surface area contributed by atoms with Crippen LogP contribution in [0.4, 0.5) is 19.0 Å². The molecule has 1 aromatic rings. The van der Waals surface area contributed by atoms with Gasteiger partial charge in [0.1, 0.15) is 11.5 Å². The van der Waals surface area contributed by atoms with Gasteiger partial charge in [-0.25, -0.2) is 10.8 Å². The lowest BCUT2D eigenvalue weighted by Gasteiger charge is -2.06. The van der Waals surface area contributed by atoms with E-state index >= 15 is 0 Å². The number of nitrogens with two attached hydrogens (primary N) is 1. The van der Waals surface area contributed by atoms with Crippen molar-refractivity contribution >= 4 is 5.82 Å². The molecule has 0 unspecified atom stereocenters. The van der Waals surface area contributed by atoms with Crippen molar-refractivity contribution in [1.29, 1.82) is 0 Å². The number of nitrogen functional groups attached to an aromatic ring is 1. The number of hydrogen-bond donors (Lipinski definition) is 2. The van der Waals surface area contributed by atoms with Gasteiger partial charge in [-0.3, -0.25) is 0 Å². The third-order valence-corrected chi connectivity index (χ3v) is 1.19. The molecule has 0 aliphatic heterocycles. The summed E-state index contributed by atoms with van der Waals surface area (Å²) in [6, 6.07) is 3.45. The largest absolute Gasteiger partial charge is 0.433 e. The zero-order valence-corrected chi connectivity index (χ0v) is 5.89. The van der Waals surface area contributed by atoms with Gasteiger partial charge < -0.3 is 5.43 Å². The van der Waals surface area contributed by atoms with Crippen LogP contribution in [0.1, 0.15) is 5.69 Å². The van der Waals surface area contributed by atoms with E-state index in [0.29, 0.717) is 0 Å². The van der Waals surface area contributed by atoms with Crippen LogP contribution in [-0.2, 0) is 6.18 Å². The maximum absolute atomic E-state index is 12.0. The molecule has 0 bridgehead atoms. The van der Waals surface area contributed by atoms with E-state index in [0.717, 1.165) is 6.07 Å². The minimum Gasteiger partial charge on any atom is -0.308 e. The third kappa shape index (κ3) is 1.85. The Balaban J connectivity index is 3.02. The van der Waals surface area contributed by atoms with Crippen molar-refractivity contribution in [3.05, 3.63) is 23.9 Å². The first-order valence-electron chi connectivity index (χ1n) is 3.05. The highest BCUT2D eigenvalue weighted by atomic mass is 19.4. The Bertz CT molecular complexity index is 271. The highest BCUT2D eigenvalue weighted by molar-refractivity contribution is 5.34. The van der Waals surface area contributed by atoms with Crippen LogP contribution in [0, 0.1) is 0 Å². The van der Waals surface area contributed by atoms with Crippen molar-refractivity contribution in [2.45, 2.75) is 6.18 Å². The number of pyridine rings is 1. The smallest absolute Gasteiger partial charge is 0.308 e. The Kier molecular flexibility index (Phi) is 2.18. The van der Waals surface area contributed by atoms with Gasteiger partial charge in [0.25, 0.3) is 0 Å². The Hall–Kier alpha value is -1.30. The molecule has 1 aromatic heterocycles.